The Morgan fingerprint density at radius 2 is 2.08 bits per heavy atom. The Morgan fingerprint density at radius 1 is 1.33 bits per heavy atom. The number of anilines is 1. The fourth-order valence-electron chi connectivity index (χ4n) is 2.39. The molecule has 0 saturated carbocycles. The molecule has 0 fully saturated rings. The first kappa shape index (κ1) is 18.1. The standard InChI is InChI=1S/C18H23ClN4O/c1-18(2,3)14-7-8-21-10-12(14)11-22-17(20)23-13-5-6-16(24-4)15(19)9-13/h5-10H,11H2,1-4H3,(H3,20,22,23). The fourth-order valence-corrected chi connectivity index (χ4v) is 2.64. The Morgan fingerprint density at radius 3 is 2.71 bits per heavy atom. The molecule has 5 nitrogen and oxygen atoms in total. The Hall–Kier alpha value is -2.27. The third kappa shape index (κ3) is 4.61. The number of nitrogens with one attached hydrogen (secondary N) is 1. The fraction of sp³-hybridized carbons (Fsp3) is 0.333. The molecule has 0 atom stereocenters. The van der Waals surface area contributed by atoms with Gasteiger partial charge in [-0.3, -0.25) is 4.98 Å². The number of hydrogen-bond donors (Lipinski definition) is 2. The van der Waals surface area contributed by atoms with Crippen molar-refractivity contribution in [3.8, 4) is 5.75 Å². The van der Waals surface area contributed by atoms with Crippen LogP contribution in [0.25, 0.3) is 0 Å². The highest BCUT2D eigenvalue weighted by molar-refractivity contribution is 6.32. The average Bonchev–Trinajstić information content (AvgIpc) is 2.52. The molecule has 2 aromatic rings. The molecule has 0 unspecified atom stereocenters. The zero-order valence-corrected chi connectivity index (χ0v) is 15.2. The molecule has 0 amide bonds. The molecule has 1 aromatic carbocycles. The van der Waals surface area contributed by atoms with E-state index in [9.17, 15) is 0 Å². The molecule has 0 radical (unpaired) electrons. The van der Waals surface area contributed by atoms with Crippen LogP contribution in [0.2, 0.25) is 5.02 Å². The van der Waals surface area contributed by atoms with Gasteiger partial charge < -0.3 is 15.8 Å². The van der Waals surface area contributed by atoms with Crippen molar-refractivity contribution in [2.24, 2.45) is 10.7 Å². The van der Waals surface area contributed by atoms with Crippen molar-refractivity contribution in [1.82, 2.24) is 4.98 Å². The van der Waals surface area contributed by atoms with Gasteiger partial charge in [0.25, 0.3) is 0 Å². The molecular formula is C18H23ClN4O. The molecule has 2 rings (SSSR count). The smallest absolute Gasteiger partial charge is 0.193 e. The Kier molecular flexibility index (Phi) is 5.67. The molecule has 0 bridgehead atoms. The number of pyridine rings is 1. The van der Waals surface area contributed by atoms with E-state index in [0.29, 0.717) is 23.3 Å². The molecule has 1 aromatic heterocycles. The molecule has 0 saturated heterocycles. The predicted molar refractivity (Wildman–Crippen MR) is 99.9 cm³/mol. The van der Waals surface area contributed by atoms with Gasteiger partial charge in [0.15, 0.2) is 5.96 Å². The van der Waals surface area contributed by atoms with Crippen molar-refractivity contribution in [2.45, 2.75) is 32.7 Å². The van der Waals surface area contributed by atoms with Crippen molar-refractivity contribution in [3.05, 3.63) is 52.8 Å². The van der Waals surface area contributed by atoms with Crippen LogP contribution in [0.1, 0.15) is 31.9 Å². The van der Waals surface area contributed by atoms with Gasteiger partial charge in [-0.25, -0.2) is 4.99 Å². The van der Waals surface area contributed by atoms with Gasteiger partial charge in [0.1, 0.15) is 5.75 Å². The van der Waals surface area contributed by atoms with Gasteiger partial charge in [-0.1, -0.05) is 32.4 Å². The number of halogens is 1. The lowest BCUT2D eigenvalue weighted by Crippen LogP contribution is -2.23. The maximum Gasteiger partial charge on any atom is 0.193 e. The van der Waals surface area contributed by atoms with Gasteiger partial charge in [-0.2, -0.15) is 0 Å². The van der Waals surface area contributed by atoms with Crippen LogP contribution >= 0.6 is 11.6 Å². The lowest BCUT2D eigenvalue weighted by atomic mass is 9.85. The number of aromatic nitrogens is 1. The van der Waals surface area contributed by atoms with E-state index in [4.69, 9.17) is 22.1 Å². The number of guanidine groups is 1. The molecule has 0 aliphatic rings. The molecule has 1 heterocycles. The molecule has 0 aliphatic carbocycles. The average molecular weight is 347 g/mol. The SMILES string of the molecule is COc1ccc(NC(N)=NCc2cnccc2C(C)(C)C)cc1Cl. The highest BCUT2D eigenvalue weighted by Gasteiger charge is 2.17. The number of methoxy groups -OCH3 is 1. The number of ether oxygens (including phenoxy) is 1. The second kappa shape index (κ2) is 7.53. The van der Waals surface area contributed by atoms with Crippen molar-refractivity contribution in [3.63, 3.8) is 0 Å². The molecule has 128 valence electrons. The summed E-state index contributed by atoms with van der Waals surface area (Å²) in [6.07, 6.45) is 3.64. The third-order valence-corrected chi connectivity index (χ3v) is 3.85. The van der Waals surface area contributed by atoms with E-state index in [0.717, 1.165) is 11.3 Å². The number of aliphatic imine (C=N–C) groups is 1. The van der Waals surface area contributed by atoms with Crippen molar-refractivity contribution < 1.29 is 4.74 Å². The summed E-state index contributed by atoms with van der Waals surface area (Å²) in [5.74, 6) is 0.933. The van der Waals surface area contributed by atoms with E-state index >= 15 is 0 Å². The van der Waals surface area contributed by atoms with Crippen LogP contribution in [0.3, 0.4) is 0 Å². The van der Waals surface area contributed by atoms with Gasteiger partial charge in [0.05, 0.1) is 18.7 Å². The largest absolute Gasteiger partial charge is 0.495 e. The molecule has 3 N–H and O–H groups in total. The second-order valence-electron chi connectivity index (χ2n) is 6.46. The molecule has 6 heteroatoms. The minimum atomic E-state index is 0.0273. The number of nitrogens with zero attached hydrogens (tertiary/aromatic N) is 2. The number of benzene rings is 1. The molecular weight excluding hydrogens is 324 g/mol. The Balaban J connectivity index is 2.11. The van der Waals surface area contributed by atoms with Gasteiger partial charge in [-0.05, 0) is 40.8 Å². The minimum Gasteiger partial charge on any atom is -0.495 e. The van der Waals surface area contributed by atoms with Crippen molar-refractivity contribution >= 4 is 23.2 Å². The lowest BCUT2D eigenvalue weighted by Gasteiger charge is -2.21. The van der Waals surface area contributed by atoms with Gasteiger partial charge in [0.2, 0.25) is 0 Å². The lowest BCUT2D eigenvalue weighted by molar-refractivity contribution is 0.415. The maximum absolute atomic E-state index is 6.10. The van der Waals surface area contributed by atoms with Gasteiger partial charge in [-0.15, -0.1) is 0 Å². The summed E-state index contributed by atoms with van der Waals surface area (Å²) in [6, 6.07) is 7.37. The first-order valence-electron chi connectivity index (χ1n) is 7.65. The summed E-state index contributed by atoms with van der Waals surface area (Å²) in [5.41, 5.74) is 9.03. The minimum absolute atomic E-state index is 0.0273. The van der Waals surface area contributed by atoms with Crippen LogP contribution in [0.5, 0.6) is 5.75 Å². The van der Waals surface area contributed by atoms with E-state index in [1.54, 1.807) is 25.4 Å². The summed E-state index contributed by atoms with van der Waals surface area (Å²) < 4.78 is 5.13. The molecule has 24 heavy (non-hydrogen) atoms. The first-order valence-corrected chi connectivity index (χ1v) is 8.03. The normalized spacial score (nSPS) is 12.1. The number of nitrogens with two attached hydrogens (primary N) is 1. The monoisotopic (exact) mass is 346 g/mol. The zero-order chi connectivity index (χ0) is 17.7. The van der Waals surface area contributed by atoms with E-state index in [1.807, 2.05) is 18.3 Å². The number of rotatable bonds is 4. The quantitative estimate of drug-likeness (QED) is 0.649. The van der Waals surface area contributed by atoms with Crippen molar-refractivity contribution in [2.75, 3.05) is 12.4 Å². The van der Waals surface area contributed by atoms with Crippen LogP contribution in [-0.2, 0) is 12.0 Å². The summed E-state index contributed by atoms with van der Waals surface area (Å²) in [6.45, 7) is 6.95. The van der Waals surface area contributed by atoms with Crippen LogP contribution in [0, 0.1) is 0 Å². The Labute approximate surface area is 147 Å². The predicted octanol–water partition coefficient (Wildman–Crippen LogP) is 3.97. The topological polar surface area (TPSA) is 72.5 Å². The van der Waals surface area contributed by atoms with Gasteiger partial charge >= 0.3 is 0 Å². The molecule has 0 spiro atoms. The Bertz CT molecular complexity index is 738. The first-order chi connectivity index (χ1) is 11.3. The van der Waals surface area contributed by atoms with Crippen LogP contribution < -0.4 is 15.8 Å². The van der Waals surface area contributed by atoms with E-state index in [-0.39, 0.29) is 5.41 Å². The second-order valence-corrected chi connectivity index (χ2v) is 6.87. The van der Waals surface area contributed by atoms with E-state index in [1.165, 1.54) is 5.56 Å². The van der Waals surface area contributed by atoms with Crippen molar-refractivity contribution in [1.29, 1.82) is 0 Å². The summed E-state index contributed by atoms with van der Waals surface area (Å²) >= 11 is 6.10. The summed E-state index contributed by atoms with van der Waals surface area (Å²) in [4.78, 5) is 8.59. The van der Waals surface area contributed by atoms with E-state index < -0.39 is 0 Å². The third-order valence-electron chi connectivity index (χ3n) is 3.56. The zero-order valence-electron chi connectivity index (χ0n) is 14.4. The highest BCUT2D eigenvalue weighted by atomic mass is 35.5. The van der Waals surface area contributed by atoms with Crippen LogP contribution in [0.15, 0.2) is 41.7 Å². The molecule has 0 aliphatic heterocycles. The van der Waals surface area contributed by atoms with Gasteiger partial charge in [0, 0.05) is 18.1 Å². The number of hydrogen-bond acceptors (Lipinski definition) is 3. The summed E-state index contributed by atoms with van der Waals surface area (Å²) in [5, 5.41) is 3.54. The summed E-state index contributed by atoms with van der Waals surface area (Å²) in [7, 11) is 1.57. The van der Waals surface area contributed by atoms with E-state index in [2.05, 4.69) is 36.1 Å². The van der Waals surface area contributed by atoms with Crippen LogP contribution in [0.4, 0.5) is 5.69 Å². The highest BCUT2D eigenvalue weighted by Crippen LogP contribution is 2.27. The maximum atomic E-state index is 6.10. The van der Waals surface area contributed by atoms with Crippen LogP contribution in [-0.4, -0.2) is 18.1 Å².